The molecule has 2 aromatic carbocycles. The van der Waals surface area contributed by atoms with Crippen LogP contribution in [0.1, 0.15) is 64.4 Å². The number of benzene rings is 2. The van der Waals surface area contributed by atoms with E-state index in [9.17, 15) is 9.59 Å². The predicted molar refractivity (Wildman–Crippen MR) is 136 cm³/mol. The van der Waals surface area contributed by atoms with Crippen molar-refractivity contribution in [1.82, 2.24) is 4.90 Å². The van der Waals surface area contributed by atoms with Crippen molar-refractivity contribution >= 4 is 28.7 Å². The number of likely N-dealkylation sites (tertiary alicyclic amines) is 1. The van der Waals surface area contributed by atoms with Crippen LogP contribution in [0.2, 0.25) is 0 Å². The topological polar surface area (TPSA) is 72.6 Å². The molecule has 0 bridgehead atoms. The predicted octanol–water partition coefficient (Wildman–Crippen LogP) is 3.18. The average Bonchev–Trinajstić information content (AvgIpc) is 2.89. The summed E-state index contributed by atoms with van der Waals surface area (Å²) in [7, 11) is 0. The van der Waals surface area contributed by atoms with Crippen molar-refractivity contribution in [2.24, 2.45) is 0 Å². The molecule has 2 atom stereocenters. The molecule has 4 aliphatic rings. The molecule has 6 heteroatoms. The summed E-state index contributed by atoms with van der Waals surface area (Å²) in [4.78, 5) is 33.3. The molecule has 0 aromatic heterocycles. The molecule has 1 saturated heterocycles. The van der Waals surface area contributed by atoms with Crippen LogP contribution >= 0.6 is 0 Å². The number of ether oxygens (including phenoxy) is 1. The van der Waals surface area contributed by atoms with Gasteiger partial charge in [-0.05, 0) is 38.8 Å². The lowest BCUT2D eigenvalue weighted by atomic mass is 9.81. The molecule has 6 nitrogen and oxygen atoms in total. The number of nitrogens with zero attached hydrogens (tertiary/aromatic N) is 1. The molecule has 1 unspecified atom stereocenters. The fourth-order valence-electron chi connectivity index (χ4n) is 5.64. The number of piperidine rings is 1. The highest BCUT2D eigenvalue weighted by Gasteiger charge is 2.41. The molecule has 2 aliphatic heterocycles. The molecule has 0 amide bonds. The Morgan fingerprint density at radius 3 is 2.69 bits per heavy atom. The van der Waals surface area contributed by atoms with E-state index < -0.39 is 0 Å². The summed E-state index contributed by atoms with van der Waals surface area (Å²) >= 11 is 0. The number of nitrogens with one attached hydrogen (secondary N) is 2. The number of carbonyl (C=O) groups is 2. The van der Waals surface area contributed by atoms with E-state index >= 15 is 0 Å². The van der Waals surface area contributed by atoms with Crippen molar-refractivity contribution in [2.75, 3.05) is 25.0 Å². The van der Waals surface area contributed by atoms with Crippen molar-refractivity contribution in [3.05, 3.63) is 76.9 Å². The number of fused-ring (bicyclic) bond motifs is 5. The van der Waals surface area contributed by atoms with Gasteiger partial charge in [0.15, 0.2) is 11.5 Å². The Balaban J connectivity index is 1.36. The average molecular weight is 469 g/mol. The Morgan fingerprint density at radius 2 is 1.89 bits per heavy atom. The summed E-state index contributed by atoms with van der Waals surface area (Å²) in [5.74, 6) is 0.311. The summed E-state index contributed by atoms with van der Waals surface area (Å²) in [5.41, 5.74) is 3.83. The van der Waals surface area contributed by atoms with Gasteiger partial charge in [0.1, 0.15) is 5.56 Å². The van der Waals surface area contributed by atoms with Crippen LogP contribution in [0.25, 0.3) is 0 Å². The zero-order chi connectivity index (χ0) is 23.9. The van der Waals surface area contributed by atoms with Gasteiger partial charge in [-0.15, -0.1) is 0 Å². The van der Waals surface area contributed by atoms with Crippen molar-refractivity contribution < 1.29 is 19.3 Å². The lowest BCUT2D eigenvalue weighted by Crippen LogP contribution is -2.72. The van der Waals surface area contributed by atoms with Crippen LogP contribution < -0.4 is 15.0 Å². The van der Waals surface area contributed by atoms with Crippen LogP contribution in [0.4, 0.5) is 11.4 Å². The third-order valence-corrected chi connectivity index (χ3v) is 7.54. The van der Waals surface area contributed by atoms with E-state index in [1.54, 1.807) is 24.3 Å². The second-order valence-corrected chi connectivity index (χ2v) is 9.78. The Morgan fingerprint density at radius 1 is 1.09 bits per heavy atom. The number of ketones is 2. The fraction of sp³-hybridized carbons (Fsp3) is 0.345. The first kappa shape index (κ1) is 22.0. The van der Waals surface area contributed by atoms with E-state index in [4.69, 9.17) is 4.74 Å². The van der Waals surface area contributed by atoms with Gasteiger partial charge in [-0.2, -0.15) is 0 Å². The summed E-state index contributed by atoms with van der Waals surface area (Å²) in [6, 6.07) is 9.58. The summed E-state index contributed by atoms with van der Waals surface area (Å²) < 4.78 is 6.28. The van der Waals surface area contributed by atoms with Gasteiger partial charge >= 0.3 is 0 Å². The second-order valence-electron chi connectivity index (χ2n) is 9.78. The first-order valence-electron chi connectivity index (χ1n) is 12.6. The van der Waals surface area contributed by atoms with Crippen molar-refractivity contribution in [3.63, 3.8) is 0 Å². The molecule has 2 aromatic rings. The lowest BCUT2D eigenvalue weighted by Gasteiger charge is -2.33. The van der Waals surface area contributed by atoms with Crippen LogP contribution in [0.3, 0.4) is 0 Å². The minimum atomic E-state index is -0.235. The molecule has 2 heterocycles. The second kappa shape index (κ2) is 8.93. The SMILES string of the molecule is C[C@@H]1CCCCN1CCCNc1cc2c(c3c1C(=O)c1ccccc1C3=O)[NH+]=C1C=CC=CC1O2. The molecular formula is C29H30N3O3+. The Kier molecular flexibility index (Phi) is 5.61. The van der Waals surface area contributed by atoms with Gasteiger partial charge in [0.2, 0.25) is 17.6 Å². The lowest BCUT2D eigenvalue weighted by molar-refractivity contribution is -0.362. The van der Waals surface area contributed by atoms with E-state index in [2.05, 4.69) is 22.1 Å². The molecule has 0 saturated carbocycles. The van der Waals surface area contributed by atoms with Gasteiger partial charge in [-0.25, -0.2) is 4.99 Å². The van der Waals surface area contributed by atoms with Crippen LogP contribution in [-0.2, 0) is 0 Å². The quantitative estimate of drug-likeness (QED) is 0.563. The number of rotatable bonds is 5. The van der Waals surface area contributed by atoms with Gasteiger partial charge in [-0.1, -0.05) is 42.8 Å². The van der Waals surface area contributed by atoms with Crippen molar-refractivity contribution in [1.29, 1.82) is 0 Å². The van der Waals surface area contributed by atoms with E-state index in [1.165, 1.54) is 19.3 Å². The van der Waals surface area contributed by atoms with Crippen LogP contribution in [0.15, 0.2) is 54.6 Å². The number of anilines is 1. The Hall–Kier alpha value is -3.51. The van der Waals surface area contributed by atoms with Gasteiger partial charge in [-0.3, -0.25) is 9.59 Å². The highest BCUT2D eigenvalue weighted by Crippen LogP contribution is 2.41. The molecular weight excluding hydrogens is 438 g/mol. The highest BCUT2D eigenvalue weighted by atomic mass is 16.5. The first-order chi connectivity index (χ1) is 17.1. The van der Waals surface area contributed by atoms with E-state index in [0.29, 0.717) is 52.0 Å². The summed E-state index contributed by atoms with van der Waals surface area (Å²) in [6.07, 6.45) is 12.4. The monoisotopic (exact) mass is 468 g/mol. The molecule has 35 heavy (non-hydrogen) atoms. The van der Waals surface area contributed by atoms with Crippen molar-refractivity contribution in [3.8, 4) is 5.75 Å². The van der Waals surface area contributed by atoms with Gasteiger partial charge in [0, 0.05) is 42.4 Å². The van der Waals surface area contributed by atoms with Gasteiger partial charge in [0.05, 0.1) is 11.3 Å². The highest BCUT2D eigenvalue weighted by molar-refractivity contribution is 6.32. The standard InChI is InChI=1S/C29H29N3O3/c1-18-9-6-7-15-32(18)16-8-14-30-22-17-24-27(31-21-12-4-5-13-23(21)35-24)26-25(22)28(33)19-10-2-3-11-20(19)29(26)34/h2-5,10-13,17-18,23,30H,6-9,14-16H2,1H3/p+1/t18-,23?/m1/s1. The van der Waals surface area contributed by atoms with E-state index in [1.807, 2.05) is 30.4 Å². The van der Waals surface area contributed by atoms with E-state index in [-0.39, 0.29) is 17.7 Å². The van der Waals surface area contributed by atoms with Crippen LogP contribution in [-0.4, -0.2) is 54.0 Å². The normalized spacial score (nSPS) is 22.5. The first-order valence-corrected chi connectivity index (χ1v) is 12.6. The summed E-state index contributed by atoms with van der Waals surface area (Å²) in [6.45, 7) is 5.20. The van der Waals surface area contributed by atoms with Crippen molar-refractivity contribution in [2.45, 2.75) is 44.8 Å². The third-order valence-electron chi connectivity index (χ3n) is 7.54. The number of carbonyl (C=O) groups excluding carboxylic acids is 2. The van der Waals surface area contributed by atoms with E-state index in [0.717, 1.165) is 25.2 Å². The van der Waals surface area contributed by atoms with Crippen LogP contribution in [0.5, 0.6) is 5.75 Å². The maximum Gasteiger partial charge on any atom is 0.258 e. The largest absolute Gasteiger partial charge is 0.468 e. The minimum Gasteiger partial charge on any atom is -0.468 e. The minimum absolute atomic E-state index is 0.127. The molecule has 2 N–H and O–H groups in total. The van der Waals surface area contributed by atoms with Gasteiger partial charge < -0.3 is 15.0 Å². The molecule has 178 valence electrons. The molecule has 1 fully saturated rings. The summed E-state index contributed by atoms with van der Waals surface area (Å²) in [5, 5.41) is 3.48. The number of hydrogen-bond acceptors (Lipinski definition) is 5. The van der Waals surface area contributed by atoms with Gasteiger partial charge in [0.25, 0.3) is 5.69 Å². The third kappa shape index (κ3) is 3.82. The molecule has 2 aliphatic carbocycles. The molecule has 6 rings (SSSR count). The zero-order valence-electron chi connectivity index (χ0n) is 20.0. The fourth-order valence-corrected chi connectivity index (χ4v) is 5.64. The smallest absolute Gasteiger partial charge is 0.258 e. The van der Waals surface area contributed by atoms with Crippen LogP contribution in [0, 0.1) is 0 Å². The Bertz CT molecular complexity index is 1310. The Labute approximate surface area is 205 Å². The zero-order valence-corrected chi connectivity index (χ0v) is 20.0. The maximum atomic E-state index is 13.7. The molecule has 0 radical (unpaired) electrons. The number of allylic oxidation sites excluding steroid dienone is 2. The maximum absolute atomic E-state index is 13.7. The number of hydrogen-bond donors (Lipinski definition) is 2. The molecule has 0 spiro atoms.